The number of carbonyl (C=O) groups excluding carboxylic acids is 2. The Kier molecular flexibility index (Phi) is 7.10. The minimum absolute atomic E-state index is 0.0286. The lowest BCUT2D eigenvalue weighted by atomic mass is 10.1. The van der Waals surface area contributed by atoms with Crippen molar-refractivity contribution in [1.82, 2.24) is 5.32 Å². The molecule has 0 unspecified atom stereocenters. The first-order chi connectivity index (χ1) is 12.0. The van der Waals surface area contributed by atoms with Gasteiger partial charge in [-0.15, -0.1) is 0 Å². The second kappa shape index (κ2) is 9.30. The lowest BCUT2D eigenvalue weighted by Crippen LogP contribution is -2.28. The van der Waals surface area contributed by atoms with Crippen LogP contribution in [0.2, 0.25) is 10.0 Å². The molecule has 2 aromatic rings. The standard InChI is InChI=1S/C18H17Cl2NO4/c1-24-15-4-2-3-12(7-15)10-21-17(22)11-25-18(23)8-13-5-6-14(19)9-16(13)20/h2-7,9H,8,10-11H2,1H3,(H,21,22). The molecule has 0 bridgehead atoms. The summed E-state index contributed by atoms with van der Waals surface area (Å²) in [5, 5.41) is 3.54. The van der Waals surface area contributed by atoms with Gasteiger partial charge in [0, 0.05) is 16.6 Å². The summed E-state index contributed by atoms with van der Waals surface area (Å²) in [7, 11) is 1.57. The van der Waals surface area contributed by atoms with Crippen LogP contribution < -0.4 is 10.1 Å². The Bertz CT molecular complexity index is 764. The van der Waals surface area contributed by atoms with Gasteiger partial charge in [0.2, 0.25) is 0 Å². The first kappa shape index (κ1) is 19.1. The van der Waals surface area contributed by atoms with Crippen LogP contribution in [-0.4, -0.2) is 25.6 Å². The number of rotatable bonds is 7. The highest BCUT2D eigenvalue weighted by Gasteiger charge is 2.11. The highest BCUT2D eigenvalue weighted by atomic mass is 35.5. The van der Waals surface area contributed by atoms with Crippen molar-refractivity contribution in [3.8, 4) is 5.75 Å². The molecule has 0 radical (unpaired) electrons. The third-order valence-electron chi connectivity index (χ3n) is 3.34. The summed E-state index contributed by atoms with van der Waals surface area (Å²) >= 11 is 11.8. The Morgan fingerprint density at radius 3 is 2.64 bits per heavy atom. The van der Waals surface area contributed by atoms with E-state index in [1.54, 1.807) is 25.3 Å². The highest BCUT2D eigenvalue weighted by molar-refractivity contribution is 6.35. The number of amides is 1. The Morgan fingerprint density at radius 2 is 1.92 bits per heavy atom. The molecule has 0 aliphatic heterocycles. The van der Waals surface area contributed by atoms with Gasteiger partial charge in [-0.1, -0.05) is 41.4 Å². The van der Waals surface area contributed by atoms with Gasteiger partial charge in [-0.2, -0.15) is 0 Å². The maximum absolute atomic E-state index is 11.8. The van der Waals surface area contributed by atoms with Crippen molar-refractivity contribution in [3.05, 3.63) is 63.6 Å². The summed E-state index contributed by atoms with van der Waals surface area (Å²) in [4.78, 5) is 23.6. The summed E-state index contributed by atoms with van der Waals surface area (Å²) in [6.07, 6.45) is -0.0286. The van der Waals surface area contributed by atoms with E-state index in [4.69, 9.17) is 32.7 Å². The van der Waals surface area contributed by atoms with Crippen LogP contribution in [0, 0.1) is 0 Å². The Labute approximate surface area is 155 Å². The zero-order chi connectivity index (χ0) is 18.2. The normalized spacial score (nSPS) is 10.2. The number of hydrogen-bond acceptors (Lipinski definition) is 4. The lowest BCUT2D eigenvalue weighted by Gasteiger charge is -2.08. The third kappa shape index (κ3) is 6.29. The van der Waals surface area contributed by atoms with E-state index < -0.39 is 11.9 Å². The molecule has 0 saturated carbocycles. The zero-order valence-electron chi connectivity index (χ0n) is 13.6. The molecule has 0 heterocycles. The van der Waals surface area contributed by atoms with Gasteiger partial charge in [0.15, 0.2) is 6.61 Å². The number of ether oxygens (including phenoxy) is 2. The SMILES string of the molecule is COc1cccc(CNC(=O)COC(=O)Cc2ccc(Cl)cc2Cl)c1. The molecular formula is C18H17Cl2NO4. The number of methoxy groups -OCH3 is 1. The molecule has 1 N–H and O–H groups in total. The van der Waals surface area contributed by atoms with E-state index in [2.05, 4.69) is 5.32 Å². The van der Waals surface area contributed by atoms with Crippen molar-refractivity contribution in [2.45, 2.75) is 13.0 Å². The zero-order valence-corrected chi connectivity index (χ0v) is 15.1. The van der Waals surface area contributed by atoms with Crippen molar-refractivity contribution in [2.75, 3.05) is 13.7 Å². The fourth-order valence-corrected chi connectivity index (χ4v) is 2.53. The summed E-state index contributed by atoms with van der Waals surface area (Å²) in [5.74, 6) is -0.225. The van der Waals surface area contributed by atoms with Crippen molar-refractivity contribution >= 4 is 35.1 Å². The van der Waals surface area contributed by atoms with Crippen LogP contribution in [0.3, 0.4) is 0 Å². The van der Waals surface area contributed by atoms with Gasteiger partial charge in [0.25, 0.3) is 5.91 Å². The van der Waals surface area contributed by atoms with Crippen molar-refractivity contribution in [3.63, 3.8) is 0 Å². The number of benzene rings is 2. The average molecular weight is 382 g/mol. The third-order valence-corrected chi connectivity index (χ3v) is 3.92. The topological polar surface area (TPSA) is 64.6 Å². The molecule has 2 rings (SSSR count). The van der Waals surface area contributed by atoms with Gasteiger partial charge >= 0.3 is 5.97 Å². The molecule has 0 aliphatic rings. The molecule has 0 saturated heterocycles. The van der Waals surface area contributed by atoms with E-state index in [0.717, 1.165) is 5.56 Å². The Hall–Kier alpha value is -2.24. The van der Waals surface area contributed by atoms with Crippen LogP contribution in [0.5, 0.6) is 5.75 Å². The molecule has 2 aromatic carbocycles. The van der Waals surface area contributed by atoms with Crippen molar-refractivity contribution < 1.29 is 19.1 Å². The smallest absolute Gasteiger partial charge is 0.310 e. The van der Waals surface area contributed by atoms with Crippen LogP contribution in [-0.2, 0) is 27.3 Å². The number of hydrogen-bond donors (Lipinski definition) is 1. The van der Waals surface area contributed by atoms with Gasteiger partial charge in [0.1, 0.15) is 5.75 Å². The minimum atomic E-state index is -0.541. The predicted molar refractivity (Wildman–Crippen MR) is 96.0 cm³/mol. The summed E-state index contributed by atoms with van der Waals surface area (Å²) in [5.41, 5.74) is 1.47. The van der Waals surface area contributed by atoms with E-state index >= 15 is 0 Å². The van der Waals surface area contributed by atoms with Gasteiger partial charge in [-0.05, 0) is 35.4 Å². The molecule has 25 heavy (non-hydrogen) atoms. The van der Waals surface area contributed by atoms with Gasteiger partial charge in [0.05, 0.1) is 13.5 Å². The van der Waals surface area contributed by atoms with Gasteiger partial charge in [-0.25, -0.2) is 0 Å². The molecule has 132 valence electrons. The molecule has 7 heteroatoms. The predicted octanol–water partition coefficient (Wildman–Crippen LogP) is 3.40. The van der Waals surface area contributed by atoms with E-state index in [1.165, 1.54) is 0 Å². The van der Waals surface area contributed by atoms with Crippen LogP contribution in [0.15, 0.2) is 42.5 Å². The average Bonchev–Trinajstić information content (AvgIpc) is 2.60. The number of carbonyl (C=O) groups is 2. The molecule has 0 atom stereocenters. The molecular weight excluding hydrogens is 365 g/mol. The monoisotopic (exact) mass is 381 g/mol. The molecule has 5 nitrogen and oxygen atoms in total. The second-order valence-electron chi connectivity index (χ2n) is 5.20. The maximum Gasteiger partial charge on any atom is 0.310 e. The van der Waals surface area contributed by atoms with E-state index in [0.29, 0.717) is 27.9 Å². The first-order valence-electron chi connectivity index (χ1n) is 7.47. The minimum Gasteiger partial charge on any atom is -0.497 e. The molecule has 0 spiro atoms. The summed E-state index contributed by atoms with van der Waals surface area (Å²) in [6.45, 7) is -0.0371. The van der Waals surface area contributed by atoms with Gasteiger partial charge < -0.3 is 14.8 Å². The van der Waals surface area contributed by atoms with Crippen LogP contribution in [0.1, 0.15) is 11.1 Å². The first-order valence-corrected chi connectivity index (χ1v) is 8.22. The van der Waals surface area contributed by atoms with Crippen molar-refractivity contribution in [1.29, 1.82) is 0 Å². The second-order valence-corrected chi connectivity index (χ2v) is 6.05. The highest BCUT2D eigenvalue weighted by Crippen LogP contribution is 2.21. The van der Waals surface area contributed by atoms with Crippen molar-refractivity contribution in [2.24, 2.45) is 0 Å². The van der Waals surface area contributed by atoms with E-state index in [1.807, 2.05) is 24.3 Å². The number of halogens is 2. The summed E-state index contributed by atoms with van der Waals surface area (Å²) in [6, 6.07) is 12.1. The molecule has 0 aliphatic carbocycles. The fraction of sp³-hybridized carbons (Fsp3) is 0.222. The van der Waals surface area contributed by atoms with E-state index in [-0.39, 0.29) is 13.0 Å². The van der Waals surface area contributed by atoms with Crippen LogP contribution in [0.4, 0.5) is 0 Å². The molecule has 1 amide bonds. The van der Waals surface area contributed by atoms with E-state index in [9.17, 15) is 9.59 Å². The Balaban J connectivity index is 1.76. The largest absolute Gasteiger partial charge is 0.497 e. The summed E-state index contributed by atoms with van der Waals surface area (Å²) < 4.78 is 10.1. The van der Waals surface area contributed by atoms with Crippen LogP contribution in [0.25, 0.3) is 0 Å². The maximum atomic E-state index is 11.8. The Morgan fingerprint density at radius 1 is 1.12 bits per heavy atom. The van der Waals surface area contributed by atoms with Gasteiger partial charge in [-0.3, -0.25) is 9.59 Å². The quantitative estimate of drug-likeness (QED) is 0.746. The number of esters is 1. The molecule has 0 fully saturated rings. The van der Waals surface area contributed by atoms with Crippen LogP contribution >= 0.6 is 23.2 Å². The lowest BCUT2D eigenvalue weighted by molar-refractivity contribution is -0.147. The fourth-order valence-electron chi connectivity index (χ4n) is 2.05. The molecule has 0 aromatic heterocycles. The number of nitrogens with one attached hydrogen (secondary N) is 1.